The van der Waals surface area contributed by atoms with Gasteiger partial charge in [-0.05, 0) is 55.8 Å². The molecule has 0 radical (unpaired) electrons. The Morgan fingerprint density at radius 2 is 1.96 bits per heavy atom. The monoisotopic (exact) mass is 372 g/mol. The topological polar surface area (TPSA) is 32.8 Å². The standard InChI is InChI=1S/C21H25ClN2O2/c1-23-12-11-17(13-23)14-24(2)21(25)19-5-3-4-6-20(19)26-15-16-7-9-18(22)10-8-16/h3-10,17H,11-15H2,1-2H3. The van der Waals surface area contributed by atoms with Crippen LogP contribution < -0.4 is 4.74 Å². The van der Waals surface area contributed by atoms with Crippen molar-refractivity contribution < 1.29 is 9.53 Å². The Morgan fingerprint density at radius 3 is 2.65 bits per heavy atom. The van der Waals surface area contributed by atoms with E-state index in [9.17, 15) is 4.79 Å². The minimum absolute atomic E-state index is 0.00580. The van der Waals surface area contributed by atoms with E-state index in [0.717, 1.165) is 31.6 Å². The molecule has 1 atom stereocenters. The predicted molar refractivity (Wildman–Crippen MR) is 105 cm³/mol. The molecule has 138 valence electrons. The summed E-state index contributed by atoms with van der Waals surface area (Å²) < 4.78 is 5.92. The zero-order chi connectivity index (χ0) is 18.5. The minimum Gasteiger partial charge on any atom is -0.488 e. The van der Waals surface area contributed by atoms with Gasteiger partial charge in [0, 0.05) is 25.2 Å². The molecule has 4 nitrogen and oxygen atoms in total. The fraction of sp³-hybridized carbons (Fsp3) is 0.381. The molecule has 0 spiro atoms. The lowest BCUT2D eigenvalue weighted by atomic mass is 10.1. The van der Waals surface area contributed by atoms with Crippen LogP contribution in [0.25, 0.3) is 0 Å². The second-order valence-corrected chi connectivity index (χ2v) is 7.45. The molecule has 3 rings (SSSR count). The summed E-state index contributed by atoms with van der Waals surface area (Å²) in [7, 11) is 4.00. The number of carbonyl (C=O) groups excluding carboxylic acids is 1. The summed E-state index contributed by atoms with van der Waals surface area (Å²) in [5, 5.41) is 0.698. The molecule has 2 aromatic carbocycles. The van der Waals surface area contributed by atoms with Gasteiger partial charge in [0.1, 0.15) is 12.4 Å². The quantitative estimate of drug-likeness (QED) is 0.769. The Morgan fingerprint density at radius 1 is 1.23 bits per heavy atom. The fourth-order valence-electron chi connectivity index (χ4n) is 3.36. The van der Waals surface area contributed by atoms with Gasteiger partial charge >= 0.3 is 0 Å². The third-order valence-electron chi connectivity index (χ3n) is 4.79. The molecule has 5 heteroatoms. The number of hydrogen-bond donors (Lipinski definition) is 0. The summed E-state index contributed by atoms with van der Waals surface area (Å²) in [5.74, 6) is 1.16. The van der Waals surface area contributed by atoms with Gasteiger partial charge in [-0.2, -0.15) is 0 Å². The van der Waals surface area contributed by atoms with E-state index in [0.29, 0.717) is 28.9 Å². The number of para-hydroxylation sites is 1. The van der Waals surface area contributed by atoms with Gasteiger partial charge in [0.2, 0.25) is 0 Å². The fourth-order valence-corrected chi connectivity index (χ4v) is 3.49. The number of benzene rings is 2. The lowest BCUT2D eigenvalue weighted by Crippen LogP contribution is -2.33. The lowest BCUT2D eigenvalue weighted by Gasteiger charge is -2.22. The number of ether oxygens (including phenoxy) is 1. The van der Waals surface area contributed by atoms with Crippen LogP contribution in [0, 0.1) is 5.92 Å². The molecule has 0 aliphatic carbocycles. The average Bonchev–Trinajstić information content (AvgIpc) is 3.05. The van der Waals surface area contributed by atoms with Gasteiger partial charge in [0.05, 0.1) is 5.56 Å². The average molecular weight is 373 g/mol. The van der Waals surface area contributed by atoms with Crippen LogP contribution >= 0.6 is 11.6 Å². The first-order chi connectivity index (χ1) is 12.5. The van der Waals surface area contributed by atoms with Crippen LogP contribution in [0.1, 0.15) is 22.3 Å². The van der Waals surface area contributed by atoms with Crippen LogP contribution in [-0.4, -0.2) is 49.4 Å². The Balaban J connectivity index is 1.65. The van der Waals surface area contributed by atoms with E-state index in [1.165, 1.54) is 0 Å². The van der Waals surface area contributed by atoms with Gasteiger partial charge in [-0.3, -0.25) is 4.79 Å². The molecular formula is C21H25ClN2O2. The highest BCUT2D eigenvalue weighted by Gasteiger charge is 2.24. The SMILES string of the molecule is CN1CCC(CN(C)C(=O)c2ccccc2OCc2ccc(Cl)cc2)C1. The van der Waals surface area contributed by atoms with Gasteiger partial charge < -0.3 is 14.5 Å². The second-order valence-electron chi connectivity index (χ2n) is 7.01. The molecule has 1 saturated heterocycles. The Labute approximate surface area is 160 Å². The molecule has 0 N–H and O–H groups in total. The molecule has 1 heterocycles. The summed E-state index contributed by atoms with van der Waals surface area (Å²) in [5.41, 5.74) is 1.62. The Kier molecular flexibility index (Phi) is 6.17. The summed E-state index contributed by atoms with van der Waals surface area (Å²) in [4.78, 5) is 17.0. The van der Waals surface area contributed by atoms with Gasteiger partial charge in [0.25, 0.3) is 5.91 Å². The van der Waals surface area contributed by atoms with Crippen molar-refractivity contribution in [1.82, 2.24) is 9.80 Å². The normalized spacial score (nSPS) is 17.3. The summed E-state index contributed by atoms with van der Waals surface area (Å²) in [6.07, 6.45) is 1.14. The largest absolute Gasteiger partial charge is 0.488 e. The highest BCUT2D eigenvalue weighted by Crippen LogP contribution is 2.23. The summed E-state index contributed by atoms with van der Waals surface area (Å²) >= 11 is 5.92. The molecule has 1 unspecified atom stereocenters. The number of rotatable bonds is 6. The molecule has 2 aromatic rings. The van der Waals surface area contributed by atoms with Crippen LogP contribution in [0.5, 0.6) is 5.75 Å². The zero-order valence-corrected chi connectivity index (χ0v) is 16.1. The maximum absolute atomic E-state index is 12.9. The molecule has 1 fully saturated rings. The van der Waals surface area contributed by atoms with E-state index in [-0.39, 0.29) is 5.91 Å². The second kappa shape index (κ2) is 8.56. The van der Waals surface area contributed by atoms with Crippen molar-refractivity contribution >= 4 is 17.5 Å². The Bertz CT molecular complexity index is 748. The third kappa shape index (κ3) is 4.77. The first-order valence-electron chi connectivity index (χ1n) is 8.93. The molecule has 0 bridgehead atoms. The van der Waals surface area contributed by atoms with Crippen molar-refractivity contribution in [2.75, 3.05) is 33.7 Å². The van der Waals surface area contributed by atoms with Crippen LogP contribution in [0.2, 0.25) is 5.02 Å². The lowest BCUT2D eigenvalue weighted by molar-refractivity contribution is 0.0769. The van der Waals surface area contributed by atoms with E-state index in [4.69, 9.17) is 16.3 Å². The molecule has 0 saturated carbocycles. The number of amides is 1. The maximum Gasteiger partial charge on any atom is 0.257 e. The molecule has 1 aliphatic rings. The van der Waals surface area contributed by atoms with Gasteiger partial charge in [-0.1, -0.05) is 35.9 Å². The molecule has 0 aromatic heterocycles. The first kappa shape index (κ1) is 18.7. The van der Waals surface area contributed by atoms with Gasteiger partial charge in [-0.15, -0.1) is 0 Å². The molecule has 1 amide bonds. The molecule has 1 aliphatic heterocycles. The van der Waals surface area contributed by atoms with Crippen LogP contribution in [-0.2, 0) is 6.61 Å². The summed E-state index contributed by atoms with van der Waals surface area (Å²) in [6, 6.07) is 15.0. The van der Waals surface area contributed by atoms with Crippen LogP contribution in [0.15, 0.2) is 48.5 Å². The zero-order valence-electron chi connectivity index (χ0n) is 15.3. The van der Waals surface area contributed by atoms with E-state index in [1.54, 1.807) is 0 Å². The van der Waals surface area contributed by atoms with Gasteiger partial charge in [0.15, 0.2) is 0 Å². The highest BCUT2D eigenvalue weighted by atomic mass is 35.5. The number of nitrogens with zero attached hydrogens (tertiary/aromatic N) is 2. The first-order valence-corrected chi connectivity index (χ1v) is 9.31. The van der Waals surface area contributed by atoms with E-state index >= 15 is 0 Å². The molecule has 26 heavy (non-hydrogen) atoms. The van der Waals surface area contributed by atoms with E-state index < -0.39 is 0 Å². The predicted octanol–water partition coefficient (Wildman–Crippen LogP) is 3.94. The van der Waals surface area contributed by atoms with Crippen LogP contribution in [0.3, 0.4) is 0 Å². The molecular weight excluding hydrogens is 348 g/mol. The van der Waals surface area contributed by atoms with Crippen LogP contribution in [0.4, 0.5) is 0 Å². The third-order valence-corrected chi connectivity index (χ3v) is 5.04. The minimum atomic E-state index is 0.00580. The van der Waals surface area contributed by atoms with Crippen molar-refractivity contribution in [2.24, 2.45) is 5.92 Å². The maximum atomic E-state index is 12.9. The van der Waals surface area contributed by atoms with Gasteiger partial charge in [-0.25, -0.2) is 0 Å². The number of carbonyl (C=O) groups is 1. The summed E-state index contributed by atoms with van der Waals surface area (Å²) in [6.45, 7) is 3.33. The van der Waals surface area contributed by atoms with Crippen molar-refractivity contribution in [2.45, 2.75) is 13.0 Å². The van der Waals surface area contributed by atoms with Crippen molar-refractivity contribution in [1.29, 1.82) is 0 Å². The van der Waals surface area contributed by atoms with Crippen molar-refractivity contribution in [3.8, 4) is 5.75 Å². The number of halogens is 1. The number of hydrogen-bond acceptors (Lipinski definition) is 3. The van der Waals surface area contributed by atoms with Crippen molar-refractivity contribution in [3.63, 3.8) is 0 Å². The van der Waals surface area contributed by atoms with E-state index in [1.807, 2.05) is 60.5 Å². The van der Waals surface area contributed by atoms with Crippen molar-refractivity contribution in [3.05, 3.63) is 64.7 Å². The number of likely N-dealkylation sites (tertiary alicyclic amines) is 1. The van der Waals surface area contributed by atoms with E-state index in [2.05, 4.69) is 11.9 Å². The smallest absolute Gasteiger partial charge is 0.257 e. The Hall–Kier alpha value is -2.04. The highest BCUT2D eigenvalue weighted by molar-refractivity contribution is 6.30.